The van der Waals surface area contributed by atoms with Gasteiger partial charge in [0, 0.05) is 32.7 Å². The van der Waals surface area contributed by atoms with Crippen LogP contribution >= 0.6 is 0 Å². The summed E-state index contributed by atoms with van der Waals surface area (Å²) in [5, 5.41) is 18.6. The average molecular weight is 298 g/mol. The van der Waals surface area contributed by atoms with Crippen LogP contribution in [-0.2, 0) is 11.8 Å². The molecule has 0 fully saturated rings. The van der Waals surface area contributed by atoms with Gasteiger partial charge in [0.2, 0.25) is 5.82 Å². The van der Waals surface area contributed by atoms with Gasteiger partial charge in [-0.3, -0.25) is 10.1 Å². The first kappa shape index (κ1) is 17.4. The molecule has 1 aromatic rings. The molecule has 0 amide bonds. The molecular weight excluding hydrogens is 272 g/mol. The van der Waals surface area contributed by atoms with Gasteiger partial charge >= 0.3 is 5.69 Å². The molecule has 1 heterocycles. The number of rotatable bonds is 9. The van der Waals surface area contributed by atoms with E-state index in [-0.39, 0.29) is 16.5 Å². The molecule has 0 aliphatic rings. The van der Waals surface area contributed by atoms with Crippen molar-refractivity contribution in [2.45, 2.75) is 40.0 Å². The largest absolute Gasteiger partial charge is 0.381 e. The summed E-state index contributed by atoms with van der Waals surface area (Å²) in [6.07, 6.45) is 0.798. The summed E-state index contributed by atoms with van der Waals surface area (Å²) < 4.78 is 7.03. The quantitative estimate of drug-likeness (QED) is 0.430. The fourth-order valence-corrected chi connectivity index (χ4v) is 2.00. The number of ether oxygens (including phenoxy) is 1. The molecule has 0 radical (unpaired) electrons. The first-order chi connectivity index (χ1) is 9.84. The highest BCUT2D eigenvalue weighted by Crippen LogP contribution is 2.32. The molecule has 0 spiro atoms. The smallest absolute Gasteiger partial charge is 0.334 e. The molecule has 0 unspecified atom stereocenters. The third-order valence-corrected chi connectivity index (χ3v) is 2.99. The lowest BCUT2D eigenvalue weighted by molar-refractivity contribution is -0.384. The van der Waals surface area contributed by atoms with Gasteiger partial charge in [-0.1, -0.05) is 27.7 Å². The van der Waals surface area contributed by atoms with Crippen molar-refractivity contribution in [3.8, 4) is 0 Å². The molecule has 0 saturated carbocycles. The Kier molecular flexibility index (Phi) is 6.61. The molecule has 7 heteroatoms. The minimum atomic E-state index is -0.361. The monoisotopic (exact) mass is 298 g/mol. The van der Waals surface area contributed by atoms with E-state index < -0.39 is 0 Å². The van der Waals surface area contributed by atoms with E-state index in [2.05, 4.69) is 24.3 Å². The standard InChI is InChI=1S/C14H26N4O3/c1-10(2)9-21-8-6-7-15-14-13(18(19)20)12(11(3)4)16-17(14)5/h10-11,15H,6-9H2,1-5H3. The van der Waals surface area contributed by atoms with Crippen molar-refractivity contribution in [2.75, 3.05) is 25.1 Å². The topological polar surface area (TPSA) is 82.2 Å². The van der Waals surface area contributed by atoms with Crippen LogP contribution < -0.4 is 5.32 Å². The minimum Gasteiger partial charge on any atom is -0.381 e. The zero-order chi connectivity index (χ0) is 16.0. The second kappa shape index (κ2) is 7.97. The van der Waals surface area contributed by atoms with Crippen molar-refractivity contribution in [3.05, 3.63) is 15.8 Å². The van der Waals surface area contributed by atoms with Gasteiger partial charge in [0.05, 0.1) is 4.92 Å². The van der Waals surface area contributed by atoms with Gasteiger partial charge in [-0.25, -0.2) is 4.68 Å². The molecule has 1 aromatic heterocycles. The lowest BCUT2D eigenvalue weighted by Gasteiger charge is -2.08. The molecule has 0 atom stereocenters. The fourth-order valence-electron chi connectivity index (χ4n) is 2.00. The summed E-state index contributed by atoms with van der Waals surface area (Å²) >= 11 is 0. The van der Waals surface area contributed by atoms with Gasteiger partial charge < -0.3 is 10.1 Å². The van der Waals surface area contributed by atoms with Crippen LogP contribution in [0.25, 0.3) is 0 Å². The maximum Gasteiger partial charge on any atom is 0.334 e. The van der Waals surface area contributed by atoms with E-state index >= 15 is 0 Å². The molecule has 0 aliphatic heterocycles. The number of nitrogens with one attached hydrogen (secondary N) is 1. The number of aryl methyl sites for hydroxylation is 1. The Bertz CT molecular complexity index is 469. The van der Waals surface area contributed by atoms with Crippen molar-refractivity contribution >= 4 is 11.5 Å². The van der Waals surface area contributed by atoms with Crippen LogP contribution in [0.5, 0.6) is 0 Å². The summed E-state index contributed by atoms with van der Waals surface area (Å²) in [6, 6.07) is 0. The molecule has 0 aliphatic carbocycles. The van der Waals surface area contributed by atoms with Crippen LogP contribution in [0.4, 0.5) is 11.5 Å². The van der Waals surface area contributed by atoms with Crippen molar-refractivity contribution in [2.24, 2.45) is 13.0 Å². The molecule has 0 saturated heterocycles. The normalized spacial score (nSPS) is 11.4. The Balaban J connectivity index is 2.60. The number of hydrogen-bond donors (Lipinski definition) is 1. The third kappa shape index (κ3) is 5.00. The van der Waals surface area contributed by atoms with Gasteiger partial charge in [-0.05, 0) is 12.3 Å². The fraction of sp³-hybridized carbons (Fsp3) is 0.786. The summed E-state index contributed by atoms with van der Waals surface area (Å²) in [5.41, 5.74) is 0.594. The van der Waals surface area contributed by atoms with Crippen LogP contribution in [0, 0.1) is 16.0 Å². The van der Waals surface area contributed by atoms with E-state index in [1.165, 1.54) is 0 Å². The minimum absolute atomic E-state index is 0.0153. The zero-order valence-electron chi connectivity index (χ0n) is 13.5. The van der Waals surface area contributed by atoms with E-state index in [0.717, 1.165) is 13.0 Å². The summed E-state index contributed by atoms with van der Waals surface area (Å²) in [5.74, 6) is 0.999. The van der Waals surface area contributed by atoms with Crippen LogP contribution in [0.15, 0.2) is 0 Å². The number of hydrogen-bond acceptors (Lipinski definition) is 5. The molecule has 120 valence electrons. The van der Waals surface area contributed by atoms with Crippen molar-refractivity contribution < 1.29 is 9.66 Å². The van der Waals surface area contributed by atoms with E-state index in [9.17, 15) is 10.1 Å². The van der Waals surface area contributed by atoms with E-state index in [4.69, 9.17) is 4.74 Å². The van der Waals surface area contributed by atoms with E-state index in [1.807, 2.05) is 13.8 Å². The van der Waals surface area contributed by atoms with Gasteiger partial charge in [-0.15, -0.1) is 0 Å². The molecule has 0 bridgehead atoms. The SMILES string of the molecule is CC(C)COCCCNc1c([N+](=O)[O-])c(C(C)C)nn1C. The summed E-state index contributed by atoms with van der Waals surface area (Å²) in [6.45, 7) is 10.0. The van der Waals surface area contributed by atoms with Crippen molar-refractivity contribution in [1.82, 2.24) is 9.78 Å². The predicted molar refractivity (Wildman–Crippen MR) is 82.7 cm³/mol. The van der Waals surface area contributed by atoms with Crippen molar-refractivity contribution in [1.29, 1.82) is 0 Å². The number of nitro groups is 1. The second-order valence-electron chi connectivity index (χ2n) is 5.87. The average Bonchev–Trinajstić information content (AvgIpc) is 2.71. The summed E-state index contributed by atoms with van der Waals surface area (Å²) in [4.78, 5) is 10.9. The first-order valence-corrected chi connectivity index (χ1v) is 7.37. The van der Waals surface area contributed by atoms with E-state index in [1.54, 1.807) is 11.7 Å². The molecule has 1 N–H and O–H groups in total. The Morgan fingerprint density at radius 1 is 1.38 bits per heavy atom. The Hall–Kier alpha value is -1.63. The Morgan fingerprint density at radius 3 is 2.57 bits per heavy atom. The maximum absolute atomic E-state index is 11.3. The molecular formula is C14H26N4O3. The predicted octanol–water partition coefficient (Wildman–Crippen LogP) is 2.93. The zero-order valence-corrected chi connectivity index (χ0v) is 13.5. The van der Waals surface area contributed by atoms with Crippen LogP contribution in [0.1, 0.15) is 45.7 Å². The van der Waals surface area contributed by atoms with Crippen LogP contribution in [0.3, 0.4) is 0 Å². The van der Waals surface area contributed by atoms with E-state index in [0.29, 0.717) is 30.6 Å². The number of aromatic nitrogens is 2. The number of anilines is 1. The third-order valence-electron chi connectivity index (χ3n) is 2.99. The molecule has 1 rings (SSSR count). The second-order valence-corrected chi connectivity index (χ2v) is 5.87. The molecule has 0 aromatic carbocycles. The highest BCUT2D eigenvalue weighted by molar-refractivity contribution is 5.60. The Morgan fingerprint density at radius 2 is 2.05 bits per heavy atom. The van der Waals surface area contributed by atoms with Gasteiger partial charge in [-0.2, -0.15) is 5.10 Å². The Labute approximate surface area is 125 Å². The highest BCUT2D eigenvalue weighted by atomic mass is 16.6. The lowest BCUT2D eigenvalue weighted by atomic mass is 10.1. The maximum atomic E-state index is 11.3. The van der Waals surface area contributed by atoms with Crippen LogP contribution in [-0.4, -0.2) is 34.5 Å². The molecule has 7 nitrogen and oxygen atoms in total. The lowest BCUT2D eigenvalue weighted by Crippen LogP contribution is -2.11. The number of nitrogens with zero attached hydrogens (tertiary/aromatic N) is 3. The van der Waals surface area contributed by atoms with Gasteiger partial charge in [0.25, 0.3) is 0 Å². The van der Waals surface area contributed by atoms with Gasteiger partial charge in [0.15, 0.2) is 0 Å². The van der Waals surface area contributed by atoms with Crippen LogP contribution in [0.2, 0.25) is 0 Å². The summed E-state index contributed by atoms with van der Waals surface area (Å²) in [7, 11) is 1.72. The first-order valence-electron chi connectivity index (χ1n) is 7.37. The van der Waals surface area contributed by atoms with Crippen molar-refractivity contribution in [3.63, 3.8) is 0 Å². The highest BCUT2D eigenvalue weighted by Gasteiger charge is 2.28. The van der Waals surface area contributed by atoms with Gasteiger partial charge in [0.1, 0.15) is 5.69 Å². The molecule has 21 heavy (non-hydrogen) atoms.